The van der Waals surface area contributed by atoms with Crippen LogP contribution in [0.3, 0.4) is 0 Å². The van der Waals surface area contributed by atoms with E-state index in [1.165, 1.54) is 12.7 Å². The van der Waals surface area contributed by atoms with Crippen molar-refractivity contribution in [3.05, 3.63) is 53.1 Å². The van der Waals surface area contributed by atoms with Crippen molar-refractivity contribution >= 4 is 34.8 Å². The molecule has 0 aromatic heterocycles. The molecule has 0 fully saturated rings. The number of hydrogen-bond acceptors (Lipinski definition) is 4. The molecule has 2 aromatic carbocycles. The fourth-order valence-corrected chi connectivity index (χ4v) is 2.90. The minimum atomic E-state index is -0.494. The first-order valence-corrected chi connectivity index (χ1v) is 9.83. The van der Waals surface area contributed by atoms with Gasteiger partial charge in [0.2, 0.25) is 11.8 Å². The lowest BCUT2D eigenvalue weighted by molar-refractivity contribution is -0.122. The number of carbonyl (C=O) groups excluding carboxylic acids is 2. The first kappa shape index (κ1) is 22.7. The Kier molecular flexibility index (Phi) is 8.05. The maximum Gasteiger partial charge on any atom is 0.241 e. The van der Waals surface area contributed by atoms with Crippen LogP contribution in [0.2, 0.25) is 5.02 Å². The first-order chi connectivity index (χ1) is 13.7. The van der Waals surface area contributed by atoms with Gasteiger partial charge in [-0.1, -0.05) is 37.6 Å². The molecule has 2 aromatic rings. The van der Waals surface area contributed by atoms with Gasteiger partial charge >= 0.3 is 0 Å². The summed E-state index contributed by atoms with van der Waals surface area (Å²) in [6.45, 7) is 6.03. The molecule has 2 rings (SSSR count). The molecule has 0 radical (unpaired) electrons. The zero-order chi connectivity index (χ0) is 21.6. The van der Waals surface area contributed by atoms with Gasteiger partial charge in [-0.05, 0) is 55.8 Å². The molecule has 6 nitrogen and oxygen atoms in total. The summed E-state index contributed by atoms with van der Waals surface area (Å²) >= 11 is 5.99. The van der Waals surface area contributed by atoms with Gasteiger partial charge in [-0.15, -0.1) is 0 Å². The van der Waals surface area contributed by atoms with Gasteiger partial charge in [0.25, 0.3) is 0 Å². The average Bonchev–Trinajstić information content (AvgIpc) is 2.67. The van der Waals surface area contributed by atoms with E-state index >= 15 is 0 Å². The monoisotopic (exact) mass is 417 g/mol. The quantitative estimate of drug-likeness (QED) is 0.669. The molecule has 156 valence electrons. The fraction of sp³-hybridized carbons (Fsp3) is 0.364. The third-order valence-corrected chi connectivity index (χ3v) is 4.95. The van der Waals surface area contributed by atoms with Gasteiger partial charge in [0.05, 0.1) is 25.4 Å². The van der Waals surface area contributed by atoms with Crippen molar-refractivity contribution in [2.75, 3.05) is 31.3 Å². The number of ether oxygens (including phenoxy) is 1. The number of likely N-dealkylation sites (N-methyl/N-ethyl adjacent to an activating group) is 1. The second-order valence-electron chi connectivity index (χ2n) is 7.25. The average molecular weight is 418 g/mol. The lowest BCUT2D eigenvalue weighted by Crippen LogP contribution is -2.43. The third kappa shape index (κ3) is 6.48. The molecule has 0 unspecified atom stereocenters. The van der Waals surface area contributed by atoms with Crippen LogP contribution in [0, 0.1) is 0 Å². The van der Waals surface area contributed by atoms with Crippen LogP contribution >= 0.6 is 11.6 Å². The predicted molar refractivity (Wildman–Crippen MR) is 118 cm³/mol. The van der Waals surface area contributed by atoms with Crippen LogP contribution < -0.4 is 15.4 Å². The highest BCUT2D eigenvalue weighted by molar-refractivity contribution is 6.31. The Bertz CT molecular complexity index is 853. The highest BCUT2D eigenvalue weighted by Gasteiger charge is 2.21. The Morgan fingerprint density at radius 2 is 1.72 bits per heavy atom. The molecule has 0 saturated carbocycles. The molecule has 0 spiro atoms. The van der Waals surface area contributed by atoms with Crippen LogP contribution in [-0.4, -0.2) is 43.5 Å². The van der Waals surface area contributed by atoms with Crippen LogP contribution in [0.4, 0.5) is 11.4 Å². The zero-order valence-corrected chi connectivity index (χ0v) is 18.2. The fourth-order valence-electron chi connectivity index (χ4n) is 2.73. The van der Waals surface area contributed by atoms with E-state index < -0.39 is 6.04 Å². The van der Waals surface area contributed by atoms with Gasteiger partial charge in [-0.25, -0.2) is 0 Å². The molecule has 0 aliphatic heterocycles. The van der Waals surface area contributed by atoms with Crippen molar-refractivity contribution < 1.29 is 14.3 Å². The van der Waals surface area contributed by atoms with Crippen molar-refractivity contribution in [1.82, 2.24) is 4.90 Å². The van der Waals surface area contributed by atoms with E-state index in [1.54, 1.807) is 37.1 Å². The summed E-state index contributed by atoms with van der Waals surface area (Å²) in [7, 11) is 3.24. The Balaban J connectivity index is 1.93. The normalized spacial score (nSPS) is 12.0. The lowest BCUT2D eigenvalue weighted by atomic mass is 10.0. The van der Waals surface area contributed by atoms with Crippen LogP contribution in [0.1, 0.15) is 32.3 Å². The zero-order valence-electron chi connectivity index (χ0n) is 17.5. The molecule has 0 heterocycles. The first-order valence-electron chi connectivity index (χ1n) is 9.45. The Morgan fingerprint density at radius 3 is 2.31 bits per heavy atom. The molecule has 29 heavy (non-hydrogen) atoms. The van der Waals surface area contributed by atoms with E-state index in [-0.39, 0.29) is 18.4 Å². The summed E-state index contributed by atoms with van der Waals surface area (Å²) in [5, 5.41) is 6.15. The van der Waals surface area contributed by atoms with E-state index in [1.807, 2.05) is 24.3 Å². The molecule has 0 aliphatic rings. The number of halogens is 1. The number of carbonyl (C=O) groups is 2. The highest BCUT2D eigenvalue weighted by atomic mass is 35.5. The Labute approximate surface area is 177 Å². The summed E-state index contributed by atoms with van der Waals surface area (Å²) in [5.74, 6) is 0.495. The minimum Gasteiger partial charge on any atom is -0.495 e. The summed E-state index contributed by atoms with van der Waals surface area (Å²) in [4.78, 5) is 26.6. The standard InChI is InChI=1S/C22H28ClN3O3/c1-14(2)16-6-9-18(10-7-16)24-22(28)15(3)26(4)13-21(27)25-19-12-17(23)8-11-20(19)29-5/h6-12,14-15H,13H2,1-5H3,(H,24,28)(H,25,27)/t15-/m0/s1. The SMILES string of the molecule is COc1ccc(Cl)cc1NC(=O)CN(C)[C@@H](C)C(=O)Nc1ccc(C(C)C)cc1. The van der Waals surface area contributed by atoms with Gasteiger partial charge in [0.1, 0.15) is 5.75 Å². The second-order valence-corrected chi connectivity index (χ2v) is 7.69. The Morgan fingerprint density at radius 1 is 1.07 bits per heavy atom. The topological polar surface area (TPSA) is 70.7 Å². The number of hydrogen-bond donors (Lipinski definition) is 2. The van der Waals surface area contributed by atoms with Crippen molar-refractivity contribution in [1.29, 1.82) is 0 Å². The summed E-state index contributed by atoms with van der Waals surface area (Å²) < 4.78 is 5.23. The predicted octanol–water partition coefficient (Wildman–Crippen LogP) is 4.37. The van der Waals surface area contributed by atoms with Gasteiger partial charge in [0.15, 0.2) is 0 Å². The van der Waals surface area contributed by atoms with Gasteiger partial charge < -0.3 is 15.4 Å². The van der Waals surface area contributed by atoms with E-state index in [4.69, 9.17) is 16.3 Å². The van der Waals surface area contributed by atoms with Gasteiger partial charge in [-0.2, -0.15) is 0 Å². The number of nitrogens with one attached hydrogen (secondary N) is 2. The maximum atomic E-state index is 12.5. The van der Waals surface area contributed by atoms with Crippen molar-refractivity contribution in [2.45, 2.75) is 32.7 Å². The van der Waals surface area contributed by atoms with Gasteiger partial charge in [0, 0.05) is 10.7 Å². The molecular formula is C22H28ClN3O3. The van der Waals surface area contributed by atoms with E-state index in [2.05, 4.69) is 24.5 Å². The highest BCUT2D eigenvalue weighted by Crippen LogP contribution is 2.27. The van der Waals surface area contributed by atoms with Gasteiger partial charge in [-0.3, -0.25) is 14.5 Å². The van der Waals surface area contributed by atoms with Crippen molar-refractivity contribution in [2.24, 2.45) is 0 Å². The molecule has 0 bridgehead atoms. The minimum absolute atomic E-state index is 0.0382. The summed E-state index contributed by atoms with van der Waals surface area (Å²) in [5.41, 5.74) is 2.43. The number of benzene rings is 2. The molecule has 0 saturated heterocycles. The summed E-state index contributed by atoms with van der Waals surface area (Å²) in [6.07, 6.45) is 0. The largest absolute Gasteiger partial charge is 0.495 e. The van der Waals surface area contributed by atoms with Crippen molar-refractivity contribution in [3.63, 3.8) is 0 Å². The van der Waals surface area contributed by atoms with E-state index in [9.17, 15) is 9.59 Å². The Hall–Kier alpha value is -2.57. The second kappa shape index (κ2) is 10.3. The smallest absolute Gasteiger partial charge is 0.241 e. The third-order valence-electron chi connectivity index (χ3n) is 4.71. The number of rotatable bonds is 8. The van der Waals surface area contributed by atoms with Crippen LogP contribution in [0.5, 0.6) is 5.75 Å². The molecule has 0 aliphatic carbocycles. The number of amides is 2. The van der Waals surface area contributed by atoms with Crippen LogP contribution in [0.25, 0.3) is 0 Å². The van der Waals surface area contributed by atoms with Crippen molar-refractivity contribution in [3.8, 4) is 5.75 Å². The molecule has 1 atom stereocenters. The molecular weight excluding hydrogens is 390 g/mol. The van der Waals surface area contributed by atoms with Crippen LogP contribution in [-0.2, 0) is 9.59 Å². The number of nitrogens with zero attached hydrogens (tertiary/aromatic N) is 1. The maximum absolute atomic E-state index is 12.5. The van der Waals surface area contributed by atoms with E-state index in [0.29, 0.717) is 22.4 Å². The number of methoxy groups -OCH3 is 1. The molecule has 7 heteroatoms. The molecule has 2 amide bonds. The number of anilines is 2. The summed E-state index contributed by atoms with van der Waals surface area (Å²) in [6, 6.07) is 12.3. The lowest BCUT2D eigenvalue weighted by Gasteiger charge is -2.23. The van der Waals surface area contributed by atoms with Crippen LogP contribution in [0.15, 0.2) is 42.5 Å². The molecule has 2 N–H and O–H groups in total. The van der Waals surface area contributed by atoms with E-state index in [0.717, 1.165) is 5.69 Å².